The van der Waals surface area contributed by atoms with Crippen LogP contribution in [0.25, 0.3) is 0 Å². The first kappa shape index (κ1) is 10.2. The van der Waals surface area contributed by atoms with Crippen molar-refractivity contribution in [2.45, 2.75) is 19.4 Å². The third-order valence-electron chi connectivity index (χ3n) is 1.64. The van der Waals surface area contributed by atoms with Gasteiger partial charge < -0.3 is 5.73 Å². The largest absolute Gasteiger partial charge is 0.323 e. The van der Waals surface area contributed by atoms with Crippen molar-refractivity contribution in [3.63, 3.8) is 0 Å². The maximum atomic E-state index is 5.81. The molecule has 2 nitrogen and oxygen atoms in total. The van der Waals surface area contributed by atoms with Gasteiger partial charge in [-0.05, 0) is 50.4 Å². The second kappa shape index (κ2) is 4.35. The lowest BCUT2D eigenvalue weighted by Gasteiger charge is -2.08. The van der Waals surface area contributed by atoms with Gasteiger partial charge in [-0.1, -0.05) is 6.92 Å². The summed E-state index contributed by atoms with van der Waals surface area (Å²) in [7, 11) is 0. The molecular formula is C8H10Br2N2. The number of hydrogen-bond donors (Lipinski definition) is 1. The van der Waals surface area contributed by atoms with Gasteiger partial charge in [0.1, 0.15) is 4.60 Å². The highest BCUT2D eigenvalue weighted by atomic mass is 79.9. The van der Waals surface area contributed by atoms with Crippen molar-refractivity contribution in [3.05, 3.63) is 26.9 Å². The average Bonchev–Trinajstić information content (AvgIpc) is 2.08. The van der Waals surface area contributed by atoms with Crippen LogP contribution < -0.4 is 5.73 Å². The molecule has 1 rings (SSSR count). The second-order valence-electron chi connectivity index (χ2n) is 2.52. The van der Waals surface area contributed by atoms with Crippen LogP contribution in [-0.2, 0) is 0 Å². The minimum absolute atomic E-state index is 0.0365. The molecule has 0 fully saturated rings. The van der Waals surface area contributed by atoms with E-state index < -0.39 is 0 Å². The standard InChI is InChI=1S/C8H10Br2N2/c1-2-6(11)7-4-3-5(9)8(10)12-7/h3-4,6H,2,11H2,1H3/t6-/m0/s1. The van der Waals surface area contributed by atoms with Crippen molar-refractivity contribution in [2.75, 3.05) is 0 Å². The Labute approximate surface area is 88.8 Å². The zero-order chi connectivity index (χ0) is 9.14. The van der Waals surface area contributed by atoms with Gasteiger partial charge in [0.25, 0.3) is 0 Å². The van der Waals surface area contributed by atoms with Gasteiger partial charge >= 0.3 is 0 Å². The lowest BCUT2D eigenvalue weighted by Crippen LogP contribution is -2.10. The normalized spacial score (nSPS) is 13.0. The Morgan fingerprint density at radius 1 is 1.50 bits per heavy atom. The maximum absolute atomic E-state index is 5.81. The number of rotatable bonds is 2. The third kappa shape index (κ3) is 2.28. The fourth-order valence-corrected chi connectivity index (χ4v) is 1.40. The Morgan fingerprint density at radius 3 is 2.67 bits per heavy atom. The SMILES string of the molecule is CC[C@H](N)c1ccc(Br)c(Br)n1. The summed E-state index contributed by atoms with van der Waals surface area (Å²) in [5.41, 5.74) is 6.74. The highest BCUT2D eigenvalue weighted by molar-refractivity contribution is 9.13. The van der Waals surface area contributed by atoms with Crippen molar-refractivity contribution in [2.24, 2.45) is 5.73 Å². The lowest BCUT2D eigenvalue weighted by atomic mass is 10.1. The van der Waals surface area contributed by atoms with Gasteiger partial charge in [0, 0.05) is 6.04 Å². The highest BCUT2D eigenvalue weighted by Crippen LogP contribution is 2.22. The fourth-order valence-electron chi connectivity index (χ4n) is 0.847. The van der Waals surface area contributed by atoms with E-state index in [1.54, 1.807) is 0 Å². The van der Waals surface area contributed by atoms with E-state index in [1.807, 2.05) is 19.1 Å². The van der Waals surface area contributed by atoms with Gasteiger partial charge in [-0.25, -0.2) is 4.98 Å². The fraction of sp³-hybridized carbons (Fsp3) is 0.375. The van der Waals surface area contributed by atoms with Crippen LogP contribution >= 0.6 is 31.9 Å². The molecule has 0 saturated heterocycles. The monoisotopic (exact) mass is 292 g/mol. The number of aromatic nitrogens is 1. The summed E-state index contributed by atoms with van der Waals surface area (Å²) >= 11 is 6.68. The van der Waals surface area contributed by atoms with Crippen molar-refractivity contribution >= 4 is 31.9 Å². The second-order valence-corrected chi connectivity index (χ2v) is 4.13. The molecule has 0 unspecified atom stereocenters. The molecule has 0 amide bonds. The molecule has 2 N–H and O–H groups in total. The molecule has 0 bridgehead atoms. The minimum Gasteiger partial charge on any atom is -0.323 e. The van der Waals surface area contributed by atoms with E-state index >= 15 is 0 Å². The predicted octanol–water partition coefficient (Wildman–Crippen LogP) is 3.02. The summed E-state index contributed by atoms with van der Waals surface area (Å²) < 4.78 is 1.76. The van der Waals surface area contributed by atoms with Gasteiger partial charge in [-0.3, -0.25) is 0 Å². The Bertz CT molecular complexity index is 276. The minimum atomic E-state index is 0.0365. The zero-order valence-electron chi connectivity index (χ0n) is 6.72. The van der Waals surface area contributed by atoms with E-state index in [9.17, 15) is 0 Å². The van der Waals surface area contributed by atoms with E-state index in [0.29, 0.717) is 0 Å². The number of hydrogen-bond acceptors (Lipinski definition) is 2. The van der Waals surface area contributed by atoms with Gasteiger partial charge in [0.2, 0.25) is 0 Å². The first-order valence-electron chi connectivity index (χ1n) is 3.72. The highest BCUT2D eigenvalue weighted by Gasteiger charge is 2.06. The smallest absolute Gasteiger partial charge is 0.120 e. The zero-order valence-corrected chi connectivity index (χ0v) is 9.89. The summed E-state index contributed by atoms with van der Waals surface area (Å²) in [6, 6.07) is 3.92. The van der Waals surface area contributed by atoms with Crippen LogP contribution in [0.2, 0.25) is 0 Å². The molecule has 0 aliphatic carbocycles. The molecule has 1 aromatic rings. The molecule has 0 spiro atoms. The van der Waals surface area contributed by atoms with Gasteiger partial charge in [-0.2, -0.15) is 0 Å². The molecule has 0 aliphatic heterocycles. The van der Waals surface area contributed by atoms with E-state index in [0.717, 1.165) is 21.2 Å². The van der Waals surface area contributed by atoms with Gasteiger partial charge in [-0.15, -0.1) is 0 Å². The molecule has 0 radical (unpaired) electrons. The van der Waals surface area contributed by atoms with E-state index in [-0.39, 0.29) is 6.04 Å². The topological polar surface area (TPSA) is 38.9 Å². The molecule has 0 aromatic carbocycles. The van der Waals surface area contributed by atoms with Crippen molar-refractivity contribution in [1.82, 2.24) is 4.98 Å². The maximum Gasteiger partial charge on any atom is 0.120 e. The number of pyridine rings is 1. The number of halogens is 2. The predicted molar refractivity (Wildman–Crippen MR) is 56.9 cm³/mol. The van der Waals surface area contributed by atoms with Crippen LogP contribution in [0.3, 0.4) is 0 Å². The summed E-state index contributed by atoms with van der Waals surface area (Å²) in [6.07, 6.45) is 0.904. The first-order valence-corrected chi connectivity index (χ1v) is 5.31. The van der Waals surface area contributed by atoms with Crippen LogP contribution in [0.15, 0.2) is 21.2 Å². The van der Waals surface area contributed by atoms with Crippen molar-refractivity contribution in [3.8, 4) is 0 Å². The van der Waals surface area contributed by atoms with E-state index in [4.69, 9.17) is 5.73 Å². The molecule has 1 heterocycles. The molecule has 12 heavy (non-hydrogen) atoms. The summed E-state index contributed by atoms with van der Waals surface area (Å²) in [4.78, 5) is 4.29. The molecular weight excluding hydrogens is 284 g/mol. The Kier molecular flexibility index (Phi) is 3.68. The van der Waals surface area contributed by atoms with Gasteiger partial charge in [0.05, 0.1) is 10.2 Å². The number of nitrogens with zero attached hydrogens (tertiary/aromatic N) is 1. The van der Waals surface area contributed by atoms with E-state index in [2.05, 4.69) is 36.8 Å². The average molecular weight is 294 g/mol. The summed E-state index contributed by atoms with van der Waals surface area (Å²) in [5.74, 6) is 0. The van der Waals surface area contributed by atoms with Crippen LogP contribution in [0, 0.1) is 0 Å². The van der Waals surface area contributed by atoms with Gasteiger partial charge in [0.15, 0.2) is 0 Å². The van der Waals surface area contributed by atoms with Crippen molar-refractivity contribution < 1.29 is 0 Å². The Morgan fingerprint density at radius 2 is 2.17 bits per heavy atom. The number of nitrogens with two attached hydrogens (primary N) is 1. The summed E-state index contributed by atoms with van der Waals surface area (Å²) in [6.45, 7) is 2.04. The molecule has 4 heteroatoms. The Hall–Kier alpha value is 0.0700. The molecule has 66 valence electrons. The van der Waals surface area contributed by atoms with E-state index in [1.165, 1.54) is 0 Å². The molecule has 1 aromatic heterocycles. The lowest BCUT2D eigenvalue weighted by molar-refractivity contribution is 0.673. The molecule has 1 atom stereocenters. The van der Waals surface area contributed by atoms with Crippen LogP contribution in [-0.4, -0.2) is 4.98 Å². The molecule has 0 aliphatic rings. The van der Waals surface area contributed by atoms with Crippen LogP contribution in [0.4, 0.5) is 0 Å². The van der Waals surface area contributed by atoms with Crippen LogP contribution in [0.1, 0.15) is 25.1 Å². The summed E-state index contributed by atoms with van der Waals surface area (Å²) in [5, 5.41) is 0. The first-order chi connectivity index (χ1) is 5.65. The van der Waals surface area contributed by atoms with Crippen LogP contribution in [0.5, 0.6) is 0 Å². The van der Waals surface area contributed by atoms with Crippen molar-refractivity contribution in [1.29, 1.82) is 0 Å². The Balaban J connectivity index is 2.96. The third-order valence-corrected chi connectivity index (χ3v) is 3.42. The quantitative estimate of drug-likeness (QED) is 0.852. The molecule has 0 saturated carbocycles.